The van der Waals surface area contributed by atoms with Crippen LogP contribution in [0.3, 0.4) is 0 Å². The monoisotopic (exact) mass is 472 g/mol. The molecule has 0 fully saturated rings. The van der Waals surface area contributed by atoms with Crippen LogP contribution in [0.2, 0.25) is 5.02 Å². The number of unbranched alkanes of at least 4 members (excludes halogenated alkanes) is 2. The fourth-order valence-electron chi connectivity index (χ4n) is 3.20. The highest BCUT2D eigenvalue weighted by atomic mass is 35.5. The van der Waals surface area contributed by atoms with Crippen LogP contribution in [0.25, 0.3) is 10.8 Å². The Morgan fingerprint density at radius 1 is 1.18 bits per heavy atom. The van der Waals surface area contributed by atoms with Crippen LogP contribution in [-0.2, 0) is 16.1 Å². The SMILES string of the molecule is CCCCCn1nc(C(=O)OCC(=O)Nc2ccc(Cl)cc2[N+](=O)[O-])c2ccccc2c1=O. The average molecular weight is 473 g/mol. The summed E-state index contributed by atoms with van der Waals surface area (Å²) in [6.45, 7) is 1.67. The lowest BCUT2D eigenvalue weighted by molar-refractivity contribution is -0.383. The van der Waals surface area contributed by atoms with Crippen LogP contribution in [0.1, 0.15) is 36.7 Å². The number of anilines is 1. The molecule has 1 amide bonds. The minimum absolute atomic E-state index is 0.0847. The lowest BCUT2D eigenvalue weighted by Gasteiger charge is -2.11. The quantitative estimate of drug-likeness (QED) is 0.216. The Labute approximate surface area is 193 Å². The zero-order valence-corrected chi connectivity index (χ0v) is 18.5. The number of ether oxygens (including phenoxy) is 1. The highest BCUT2D eigenvalue weighted by Crippen LogP contribution is 2.27. The zero-order chi connectivity index (χ0) is 24.0. The maximum Gasteiger partial charge on any atom is 0.359 e. The Bertz CT molecular complexity index is 1270. The molecule has 33 heavy (non-hydrogen) atoms. The van der Waals surface area contributed by atoms with Crippen molar-refractivity contribution >= 4 is 45.6 Å². The van der Waals surface area contributed by atoms with E-state index < -0.39 is 29.1 Å². The molecule has 1 heterocycles. The molecule has 2 aromatic carbocycles. The van der Waals surface area contributed by atoms with Crippen molar-refractivity contribution < 1.29 is 19.2 Å². The van der Waals surface area contributed by atoms with Crippen LogP contribution >= 0.6 is 11.6 Å². The van der Waals surface area contributed by atoms with E-state index in [1.54, 1.807) is 24.3 Å². The Hall–Kier alpha value is -3.79. The first kappa shape index (κ1) is 23.9. The number of esters is 1. The fourth-order valence-corrected chi connectivity index (χ4v) is 3.36. The van der Waals surface area contributed by atoms with E-state index in [-0.39, 0.29) is 22.0 Å². The molecule has 10 nitrogen and oxygen atoms in total. The number of hydrogen-bond donors (Lipinski definition) is 1. The number of amides is 1. The lowest BCUT2D eigenvalue weighted by atomic mass is 10.1. The maximum atomic E-state index is 12.7. The fraction of sp³-hybridized carbons (Fsp3) is 0.273. The number of rotatable bonds is 9. The first-order chi connectivity index (χ1) is 15.8. The molecule has 0 bridgehead atoms. The van der Waals surface area contributed by atoms with Gasteiger partial charge in [-0.1, -0.05) is 49.6 Å². The molecule has 3 aromatic rings. The number of nitro benzene ring substituents is 1. The largest absolute Gasteiger partial charge is 0.451 e. The number of benzene rings is 2. The molecule has 0 spiro atoms. The number of nitrogens with one attached hydrogen (secondary N) is 1. The summed E-state index contributed by atoms with van der Waals surface area (Å²) in [6, 6.07) is 10.3. The number of halogens is 1. The second-order valence-electron chi connectivity index (χ2n) is 7.17. The van der Waals surface area contributed by atoms with Crippen molar-refractivity contribution in [1.29, 1.82) is 0 Å². The van der Waals surface area contributed by atoms with Crippen molar-refractivity contribution in [3.05, 3.63) is 73.6 Å². The molecule has 3 rings (SSSR count). The standard InChI is InChI=1S/C22H21ClN4O6/c1-2-3-6-11-26-21(29)16-8-5-4-7-15(16)20(25-26)22(30)33-13-19(28)24-17-10-9-14(23)12-18(17)27(31)32/h4-5,7-10,12H,2-3,6,11,13H2,1H3,(H,24,28). The number of nitrogens with zero attached hydrogens (tertiary/aromatic N) is 3. The second-order valence-corrected chi connectivity index (χ2v) is 7.61. The Balaban J connectivity index is 1.78. The third-order valence-corrected chi connectivity index (χ3v) is 5.03. The smallest absolute Gasteiger partial charge is 0.359 e. The Kier molecular flexibility index (Phi) is 7.73. The molecule has 1 aromatic heterocycles. The first-order valence-corrected chi connectivity index (χ1v) is 10.6. The van der Waals surface area contributed by atoms with Crippen molar-refractivity contribution in [2.75, 3.05) is 11.9 Å². The summed E-state index contributed by atoms with van der Waals surface area (Å²) in [6.07, 6.45) is 2.58. The number of carbonyl (C=O) groups excluding carboxylic acids is 2. The molecule has 1 N–H and O–H groups in total. The van der Waals surface area contributed by atoms with Gasteiger partial charge >= 0.3 is 5.97 Å². The van der Waals surface area contributed by atoms with Gasteiger partial charge in [0.15, 0.2) is 12.3 Å². The molecular formula is C22H21ClN4O6. The van der Waals surface area contributed by atoms with E-state index in [4.69, 9.17) is 16.3 Å². The summed E-state index contributed by atoms with van der Waals surface area (Å²) in [4.78, 5) is 48.1. The Morgan fingerprint density at radius 3 is 2.61 bits per heavy atom. The van der Waals surface area contributed by atoms with E-state index in [1.165, 1.54) is 16.8 Å². The highest BCUT2D eigenvalue weighted by Gasteiger charge is 2.21. The van der Waals surface area contributed by atoms with Crippen molar-refractivity contribution in [3.8, 4) is 0 Å². The van der Waals surface area contributed by atoms with Crippen molar-refractivity contribution in [3.63, 3.8) is 0 Å². The lowest BCUT2D eigenvalue weighted by Crippen LogP contribution is -2.28. The number of aryl methyl sites for hydroxylation is 1. The summed E-state index contributed by atoms with van der Waals surface area (Å²) in [5.74, 6) is -1.68. The molecule has 0 radical (unpaired) electrons. The van der Waals surface area contributed by atoms with Crippen LogP contribution in [0.4, 0.5) is 11.4 Å². The zero-order valence-electron chi connectivity index (χ0n) is 17.7. The van der Waals surface area contributed by atoms with E-state index in [2.05, 4.69) is 10.4 Å². The van der Waals surface area contributed by atoms with E-state index in [0.29, 0.717) is 17.3 Å². The predicted molar refractivity (Wildman–Crippen MR) is 123 cm³/mol. The molecular weight excluding hydrogens is 452 g/mol. The second kappa shape index (κ2) is 10.7. The number of hydrogen-bond acceptors (Lipinski definition) is 7. The number of carbonyl (C=O) groups is 2. The molecule has 11 heteroatoms. The minimum atomic E-state index is -0.892. The van der Waals surface area contributed by atoms with Gasteiger partial charge in [0.1, 0.15) is 5.69 Å². The van der Waals surface area contributed by atoms with Crippen LogP contribution < -0.4 is 10.9 Å². The van der Waals surface area contributed by atoms with Gasteiger partial charge in [-0.15, -0.1) is 0 Å². The molecule has 172 valence electrons. The molecule has 0 aliphatic heterocycles. The average Bonchev–Trinajstić information content (AvgIpc) is 2.80. The first-order valence-electron chi connectivity index (χ1n) is 10.2. The normalized spacial score (nSPS) is 10.7. The van der Waals surface area contributed by atoms with Gasteiger partial charge in [0.05, 0.1) is 10.3 Å². The molecule has 0 aliphatic rings. The van der Waals surface area contributed by atoms with Gasteiger partial charge in [0, 0.05) is 23.0 Å². The Morgan fingerprint density at radius 2 is 1.91 bits per heavy atom. The summed E-state index contributed by atoms with van der Waals surface area (Å²) in [5.41, 5.74) is -0.884. The van der Waals surface area contributed by atoms with Gasteiger partial charge < -0.3 is 10.1 Å². The number of aromatic nitrogens is 2. The van der Waals surface area contributed by atoms with E-state index in [1.807, 2.05) is 6.92 Å². The third kappa shape index (κ3) is 5.72. The van der Waals surface area contributed by atoms with Gasteiger partial charge in [0.25, 0.3) is 17.2 Å². The van der Waals surface area contributed by atoms with Crippen molar-refractivity contribution in [2.24, 2.45) is 0 Å². The summed E-state index contributed by atoms with van der Waals surface area (Å²) in [5, 5.41) is 18.4. The summed E-state index contributed by atoms with van der Waals surface area (Å²) < 4.78 is 6.32. The van der Waals surface area contributed by atoms with Crippen molar-refractivity contribution in [2.45, 2.75) is 32.7 Å². The van der Waals surface area contributed by atoms with E-state index in [0.717, 1.165) is 25.3 Å². The summed E-state index contributed by atoms with van der Waals surface area (Å²) >= 11 is 5.76. The van der Waals surface area contributed by atoms with E-state index >= 15 is 0 Å². The third-order valence-electron chi connectivity index (χ3n) is 4.80. The number of fused-ring (bicyclic) bond motifs is 1. The molecule has 0 saturated carbocycles. The molecule has 0 atom stereocenters. The van der Waals surface area contributed by atoms with Gasteiger partial charge in [-0.25, -0.2) is 9.48 Å². The van der Waals surface area contributed by atoms with Gasteiger partial charge in [-0.3, -0.25) is 19.7 Å². The topological polar surface area (TPSA) is 133 Å². The summed E-state index contributed by atoms with van der Waals surface area (Å²) in [7, 11) is 0. The van der Waals surface area contributed by atoms with Crippen molar-refractivity contribution in [1.82, 2.24) is 9.78 Å². The van der Waals surface area contributed by atoms with Crippen LogP contribution in [-0.4, -0.2) is 33.2 Å². The van der Waals surface area contributed by atoms with Crippen LogP contribution in [0.15, 0.2) is 47.3 Å². The van der Waals surface area contributed by atoms with E-state index in [9.17, 15) is 24.5 Å². The minimum Gasteiger partial charge on any atom is -0.451 e. The number of nitro groups is 1. The molecule has 0 aliphatic carbocycles. The molecule has 0 unspecified atom stereocenters. The van der Waals surface area contributed by atoms with Crippen LogP contribution in [0.5, 0.6) is 0 Å². The van der Waals surface area contributed by atoms with Gasteiger partial charge in [0.2, 0.25) is 0 Å². The predicted octanol–water partition coefficient (Wildman–Crippen LogP) is 3.94. The highest BCUT2D eigenvalue weighted by molar-refractivity contribution is 6.31. The van der Waals surface area contributed by atoms with Gasteiger partial charge in [-0.2, -0.15) is 5.10 Å². The van der Waals surface area contributed by atoms with Gasteiger partial charge in [-0.05, 0) is 24.6 Å². The molecule has 0 saturated heterocycles. The van der Waals surface area contributed by atoms with Crippen LogP contribution in [0, 0.1) is 10.1 Å². The maximum absolute atomic E-state index is 12.7.